The molecule has 3 heteroatoms. The van der Waals surface area contributed by atoms with E-state index in [1.54, 1.807) is 6.39 Å². The Hall–Kier alpha value is -0.830. The highest BCUT2D eigenvalue weighted by Crippen LogP contribution is 2.08. The third-order valence-electron chi connectivity index (χ3n) is 1.82. The molecule has 0 N–H and O–H groups in total. The number of aryl methyl sites for hydroxylation is 1. The van der Waals surface area contributed by atoms with Crippen molar-refractivity contribution in [2.45, 2.75) is 13.5 Å². The molecule has 2 nitrogen and oxygen atoms in total. The fourth-order valence-corrected chi connectivity index (χ4v) is 1.22. The molecule has 0 spiro atoms. The van der Waals surface area contributed by atoms with Gasteiger partial charge in [-0.25, -0.2) is 0 Å². The lowest BCUT2D eigenvalue weighted by atomic mass is 10.3. The fourth-order valence-electron chi connectivity index (χ4n) is 1.22. The van der Waals surface area contributed by atoms with E-state index in [4.69, 9.17) is 4.42 Å². The van der Waals surface area contributed by atoms with E-state index in [1.807, 2.05) is 18.2 Å². The van der Waals surface area contributed by atoms with Crippen molar-refractivity contribution in [3.8, 4) is 0 Å². The molecule has 0 radical (unpaired) electrons. The molecule has 64 valence electrons. The highest BCUT2D eigenvalue weighted by Gasteiger charge is 2.08. The van der Waals surface area contributed by atoms with Gasteiger partial charge < -0.3 is 21.4 Å². The zero-order valence-electron chi connectivity index (χ0n) is 6.83. The molecule has 1 aromatic carbocycles. The molecule has 0 unspecified atom stereocenters. The van der Waals surface area contributed by atoms with Crippen molar-refractivity contribution in [3.63, 3.8) is 0 Å². The Morgan fingerprint density at radius 2 is 2.08 bits per heavy atom. The van der Waals surface area contributed by atoms with Crippen molar-refractivity contribution < 1.29 is 26.0 Å². The molecular weight excluding hydrogens is 218 g/mol. The van der Waals surface area contributed by atoms with Gasteiger partial charge in [0.05, 0.1) is 0 Å². The summed E-state index contributed by atoms with van der Waals surface area (Å²) in [4.78, 5) is 0. The SMILES string of the molecule is CC[n+]1coc2ccccc21.[Br-]. The number of hydrogen-bond acceptors (Lipinski definition) is 1. The molecule has 0 aliphatic rings. The van der Waals surface area contributed by atoms with Gasteiger partial charge in [0, 0.05) is 6.07 Å². The maximum atomic E-state index is 5.30. The first-order valence-electron chi connectivity index (χ1n) is 3.77. The summed E-state index contributed by atoms with van der Waals surface area (Å²) in [5.74, 6) is 0. The molecule has 12 heavy (non-hydrogen) atoms. The van der Waals surface area contributed by atoms with Gasteiger partial charge in [-0.1, -0.05) is 12.1 Å². The Bertz CT molecular complexity index is 369. The zero-order valence-corrected chi connectivity index (χ0v) is 8.41. The first kappa shape index (κ1) is 9.26. The first-order chi connectivity index (χ1) is 5.42. The third-order valence-corrected chi connectivity index (χ3v) is 1.82. The molecule has 0 amide bonds. The molecule has 0 bridgehead atoms. The molecule has 0 saturated carbocycles. The number of benzene rings is 1. The maximum Gasteiger partial charge on any atom is 0.335 e. The molecule has 1 aromatic heterocycles. The van der Waals surface area contributed by atoms with Crippen LogP contribution in [0, 0.1) is 0 Å². The lowest BCUT2D eigenvalue weighted by Gasteiger charge is -1.82. The zero-order chi connectivity index (χ0) is 7.68. The van der Waals surface area contributed by atoms with Gasteiger partial charge in [-0.2, -0.15) is 4.57 Å². The van der Waals surface area contributed by atoms with Crippen molar-refractivity contribution >= 4 is 11.1 Å². The number of aromatic nitrogens is 1. The summed E-state index contributed by atoms with van der Waals surface area (Å²) >= 11 is 0. The predicted molar refractivity (Wildman–Crippen MR) is 42.1 cm³/mol. The van der Waals surface area contributed by atoms with Gasteiger partial charge in [0.1, 0.15) is 6.54 Å². The summed E-state index contributed by atoms with van der Waals surface area (Å²) in [6, 6.07) is 8.03. The summed E-state index contributed by atoms with van der Waals surface area (Å²) in [7, 11) is 0. The van der Waals surface area contributed by atoms with Crippen molar-refractivity contribution in [3.05, 3.63) is 30.7 Å². The number of halogens is 1. The standard InChI is InChI=1S/C9H10NO.BrH/c1-2-10-7-11-9-6-4-3-5-8(9)10;/h3-7H,2H2,1H3;1H/q+1;/p-1. The summed E-state index contributed by atoms with van der Waals surface area (Å²) in [5, 5.41) is 0. The van der Waals surface area contributed by atoms with Crippen LogP contribution in [0.1, 0.15) is 6.92 Å². The van der Waals surface area contributed by atoms with Gasteiger partial charge in [-0.3, -0.25) is 0 Å². The second-order valence-electron chi connectivity index (χ2n) is 2.48. The van der Waals surface area contributed by atoms with E-state index in [1.165, 1.54) is 0 Å². The highest BCUT2D eigenvalue weighted by atomic mass is 79.9. The van der Waals surface area contributed by atoms with Gasteiger partial charge in [-0.05, 0) is 13.0 Å². The summed E-state index contributed by atoms with van der Waals surface area (Å²) in [6.07, 6.45) is 1.75. The largest absolute Gasteiger partial charge is 1.00 e. The van der Waals surface area contributed by atoms with Gasteiger partial charge in [0.2, 0.25) is 5.58 Å². The number of hydrogen-bond donors (Lipinski definition) is 0. The molecule has 0 aliphatic heterocycles. The molecule has 0 saturated heterocycles. The number of oxazole rings is 1. The Balaban J connectivity index is 0.000000720. The van der Waals surface area contributed by atoms with Crippen LogP contribution in [0.4, 0.5) is 0 Å². The van der Waals surface area contributed by atoms with Crippen LogP contribution in [0.5, 0.6) is 0 Å². The first-order valence-corrected chi connectivity index (χ1v) is 3.77. The lowest BCUT2D eigenvalue weighted by Crippen LogP contribution is -3.00. The van der Waals surface area contributed by atoms with Crippen molar-refractivity contribution in [2.24, 2.45) is 0 Å². The van der Waals surface area contributed by atoms with Gasteiger partial charge in [0.25, 0.3) is 5.52 Å². The van der Waals surface area contributed by atoms with E-state index in [-0.39, 0.29) is 17.0 Å². The van der Waals surface area contributed by atoms with Crippen molar-refractivity contribution in [1.82, 2.24) is 0 Å². The number of rotatable bonds is 1. The maximum absolute atomic E-state index is 5.30. The number of fused-ring (bicyclic) bond motifs is 1. The van der Waals surface area contributed by atoms with E-state index in [9.17, 15) is 0 Å². The van der Waals surface area contributed by atoms with E-state index in [2.05, 4.69) is 17.6 Å². The van der Waals surface area contributed by atoms with Crippen LogP contribution in [0.15, 0.2) is 35.1 Å². The lowest BCUT2D eigenvalue weighted by molar-refractivity contribution is -0.672. The van der Waals surface area contributed by atoms with Gasteiger partial charge in [0.15, 0.2) is 0 Å². The monoisotopic (exact) mass is 227 g/mol. The van der Waals surface area contributed by atoms with E-state index >= 15 is 0 Å². The second-order valence-corrected chi connectivity index (χ2v) is 2.48. The van der Waals surface area contributed by atoms with Crippen molar-refractivity contribution in [2.75, 3.05) is 0 Å². The Kier molecular flexibility index (Phi) is 2.87. The minimum Gasteiger partial charge on any atom is -1.00 e. The highest BCUT2D eigenvalue weighted by molar-refractivity contribution is 5.67. The normalized spacial score (nSPS) is 9.75. The molecule has 0 atom stereocenters. The van der Waals surface area contributed by atoms with E-state index in [0.717, 1.165) is 17.6 Å². The minimum atomic E-state index is 0. The average Bonchev–Trinajstić information content (AvgIpc) is 2.47. The van der Waals surface area contributed by atoms with E-state index < -0.39 is 0 Å². The molecule has 1 heterocycles. The average molecular weight is 228 g/mol. The van der Waals surface area contributed by atoms with Crippen LogP contribution in [0.25, 0.3) is 11.1 Å². The number of nitrogens with zero attached hydrogens (tertiary/aromatic N) is 1. The molecule has 0 fully saturated rings. The van der Waals surface area contributed by atoms with Crippen LogP contribution in [-0.2, 0) is 6.54 Å². The number of para-hydroxylation sites is 2. The summed E-state index contributed by atoms with van der Waals surface area (Å²) in [5.41, 5.74) is 2.12. The summed E-state index contributed by atoms with van der Waals surface area (Å²) in [6.45, 7) is 3.05. The van der Waals surface area contributed by atoms with Gasteiger partial charge in [-0.15, -0.1) is 0 Å². The molecule has 2 rings (SSSR count). The van der Waals surface area contributed by atoms with Crippen LogP contribution < -0.4 is 21.5 Å². The van der Waals surface area contributed by atoms with Crippen molar-refractivity contribution in [1.29, 1.82) is 0 Å². The quantitative estimate of drug-likeness (QED) is 0.557. The van der Waals surface area contributed by atoms with E-state index in [0.29, 0.717) is 0 Å². The fraction of sp³-hybridized carbons (Fsp3) is 0.222. The summed E-state index contributed by atoms with van der Waals surface area (Å²) < 4.78 is 7.38. The Morgan fingerprint density at radius 3 is 2.83 bits per heavy atom. The molecule has 2 aromatic rings. The van der Waals surface area contributed by atoms with Crippen LogP contribution in [-0.4, -0.2) is 0 Å². The van der Waals surface area contributed by atoms with Gasteiger partial charge >= 0.3 is 6.39 Å². The van der Waals surface area contributed by atoms with Crippen LogP contribution in [0.3, 0.4) is 0 Å². The predicted octanol–water partition coefficient (Wildman–Crippen LogP) is -1.26. The Morgan fingerprint density at radius 1 is 1.33 bits per heavy atom. The Labute approximate surface area is 81.6 Å². The minimum absolute atomic E-state index is 0. The molecular formula is C9H10BrNO. The topological polar surface area (TPSA) is 17.0 Å². The van der Waals surface area contributed by atoms with Crippen LogP contribution >= 0.6 is 0 Å². The smallest absolute Gasteiger partial charge is 0.335 e. The second kappa shape index (κ2) is 3.72. The molecule has 0 aliphatic carbocycles. The van der Waals surface area contributed by atoms with Crippen LogP contribution in [0.2, 0.25) is 0 Å². The third kappa shape index (κ3) is 1.37.